The van der Waals surface area contributed by atoms with E-state index in [4.69, 9.17) is 0 Å². The van der Waals surface area contributed by atoms with Crippen LogP contribution < -0.4 is 0 Å². The van der Waals surface area contributed by atoms with Gasteiger partial charge < -0.3 is 0 Å². The number of nitrogens with zero attached hydrogens (tertiary/aromatic N) is 3. The second kappa shape index (κ2) is 4.62. The van der Waals surface area contributed by atoms with E-state index in [0.29, 0.717) is 30.8 Å². The van der Waals surface area contributed by atoms with E-state index in [9.17, 15) is 13.2 Å². The highest BCUT2D eigenvalue weighted by molar-refractivity contribution is 7.89. The van der Waals surface area contributed by atoms with Gasteiger partial charge in [0, 0.05) is 13.0 Å². The summed E-state index contributed by atoms with van der Waals surface area (Å²) < 4.78 is 34.4. The van der Waals surface area contributed by atoms with Gasteiger partial charge in [0.2, 0.25) is 10.0 Å². The van der Waals surface area contributed by atoms with E-state index < -0.39 is 10.0 Å². The Bertz CT molecular complexity index is 721. The van der Waals surface area contributed by atoms with Crippen LogP contribution in [-0.4, -0.2) is 31.6 Å². The van der Waals surface area contributed by atoms with Crippen molar-refractivity contribution in [1.29, 1.82) is 0 Å². The maximum atomic E-state index is 12.6. The Balaban J connectivity index is 2.04. The standard InChI is InChI=1S/C11H11N3O3S2/c15-8-3-2-6-14(7-8)19(16,17)10-5-1-4-9-11(10)13-18-12-9/h1,4-5H,2-3,6-7H2. The van der Waals surface area contributed by atoms with E-state index in [1.165, 1.54) is 10.4 Å². The first-order valence-corrected chi connectivity index (χ1v) is 7.99. The highest BCUT2D eigenvalue weighted by atomic mass is 32.2. The molecule has 3 rings (SSSR count). The van der Waals surface area contributed by atoms with Crippen molar-refractivity contribution in [3.8, 4) is 0 Å². The van der Waals surface area contributed by atoms with Crippen LogP contribution in [-0.2, 0) is 26.2 Å². The zero-order chi connectivity index (χ0) is 13.5. The van der Waals surface area contributed by atoms with Gasteiger partial charge in [-0.1, -0.05) is 6.07 Å². The lowest BCUT2D eigenvalue weighted by atomic mass is 10.1. The topological polar surface area (TPSA) is 79.2 Å². The van der Waals surface area contributed by atoms with Gasteiger partial charge in [-0.15, -0.1) is 0 Å². The molecule has 2 aliphatic rings. The van der Waals surface area contributed by atoms with Gasteiger partial charge in [0.15, 0.2) is 0 Å². The van der Waals surface area contributed by atoms with Gasteiger partial charge in [-0.2, -0.15) is 13.0 Å². The number of carbonyl (C=O) groups is 1. The van der Waals surface area contributed by atoms with E-state index in [1.807, 2.05) is 0 Å². The fraction of sp³-hybridized carbons (Fsp3) is 0.364. The zero-order valence-corrected chi connectivity index (χ0v) is 11.6. The van der Waals surface area contributed by atoms with Crippen LogP contribution in [0.25, 0.3) is 0 Å². The van der Waals surface area contributed by atoms with Crippen molar-refractivity contribution in [2.24, 2.45) is 8.73 Å². The minimum Gasteiger partial charge on any atom is -0.298 e. The predicted molar refractivity (Wildman–Crippen MR) is 71.0 cm³/mol. The number of ketones is 1. The van der Waals surface area contributed by atoms with Gasteiger partial charge >= 0.3 is 0 Å². The van der Waals surface area contributed by atoms with Gasteiger partial charge in [0.25, 0.3) is 0 Å². The summed E-state index contributed by atoms with van der Waals surface area (Å²) in [5.41, 5.74) is 0.944. The Kier molecular flexibility index (Phi) is 3.08. The quantitative estimate of drug-likeness (QED) is 0.847. The van der Waals surface area contributed by atoms with Gasteiger partial charge in [0.1, 0.15) is 22.1 Å². The number of piperidine rings is 1. The molecule has 0 saturated carbocycles. The molecule has 0 radical (unpaired) electrons. The third-order valence-corrected chi connectivity index (χ3v) is 5.50. The maximum Gasteiger partial charge on any atom is 0.245 e. The van der Waals surface area contributed by atoms with Gasteiger partial charge in [-0.25, -0.2) is 8.42 Å². The summed E-state index contributed by atoms with van der Waals surface area (Å²) in [6.45, 7) is 0.332. The normalized spacial score (nSPS) is 19.3. The smallest absolute Gasteiger partial charge is 0.245 e. The molecule has 1 aromatic rings. The summed E-state index contributed by atoms with van der Waals surface area (Å²) in [7, 11) is -3.67. The number of sulfonamides is 1. The average molecular weight is 297 g/mol. The van der Waals surface area contributed by atoms with Crippen molar-refractivity contribution in [1.82, 2.24) is 4.31 Å². The van der Waals surface area contributed by atoms with Crippen LogP contribution in [0, 0.1) is 0 Å². The maximum absolute atomic E-state index is 12.6. The first kappa shape index (κ1) is 12.6. The first-order valence-electron chi connectivity index (χ1n) is 5.82. The van der Waals surface area contributed by atoms with Crippen molar-refractivity contribution in [2.45, 2.75) is 17.7 Å². The van der Waals surface area contributed by atoms with Crippen LogP contribution in [0.4, 0.5) is 11.4 Å². The molecular formula is C11H11N3O3S2. The molecule has 0 unspecified atom stereocenters. The Morgan fingerprint density at radius 1 is 1.26 bits per heavy atom. The van der Waals surface area contributed by atoms with Crippen molar-refractivity contribution in [2.75, 3.05) is 13.1 Å². The second-order valence-corrected chi connectivity index (χ2v) is 6.80. The molecule has 2 aliphatic heterocycles. The molecule has 0 N–H and O–H groups in total. The van der Waals surface area contributed by atoms with Crippen LogP contribution >= 0.6 is 0 Å². The van der Waals surface area contributed by atoms with Crippen LogP contribution in [0.15, 0.2) is 31.8 Å². The van der Waals surface area contributed by atoms with Crippen molar-refractivity contribution < 1.29 is 13.2 Å². The van der Waals surface area contributed by atoms with Crippen LogP contribution in [0.2, 0.25) is 0 Å². The Labute approximate surface area is 114 Å². The Hall–Kier alpha value is -1.38. The van der Waals surface area contributed by atoms with Crippen molar-refractivity contribution in [3.05, 3.63) is 18.2 Å². The first-order chi connectivity index (χ1) is 9.09. The third-order valence-electron chi connectivity index (χ3n) is 3.08. The molecule has 1 aromatic carbocycles. The van der Waals surface area contributed by atoms with Crippen LogP contribution in [0.3, 0.4) is 0 Å². The molecule has 0 aromatic heterocycles. The number of carbonyl (C=O) groups excluding carboxylic acids is 1. The lowest BCUT2D eigenvalue weighted by molar-refractivity contribution is -0.120. The van der Waals surface area contributed by atoms with Crippen molar-refractivity contribution in [3.63, 3.8) is 0 Å². The van der Waals surface area contributed by atoms with Crippen molar-refractivity contribution >= 4 is 38.5 Å². The summed E-state index contributed by atoms with van der Waals surface area (Å²) in [5, 5.41) is 0. The van der Waals surface area contributed by atoms with Crippen LogP contribution in [0.5, 0.6) is 0 Å². The molecule has 6 nitrogen and oxygen atoms in total. The molecular weight excluding hydrogens is 286 g/mol. The van der Waals surface area contributed by atoms with Crippen LogP contribution in [0.1, 0.15) is 12.8 Å². The monoisotopic (exact) mass is 297 g/mol. The molecule has 100 valence electrons. The lowest BCUT2D eigenvalue weighted by Crippen LogP contribution is -2.40. The summed E-state index contributed by atoms with van der Waals surface area (Å²) in [5.74, 6) is -0.0431. The minimum atomic E-state index is -3.67. The molecule has 0 bridgehead atoms. The molecule has 19 heavy (non-hydrogen) atoms. The largest absolute Gasteiger partial charge is 0.298 e. The summed E-state index contributed by atoms with van der Waals surface area (Å²) in [6, 6.07) is 4.87. The van der Waals surface area contributed by atoms with E-state index in [-0.39, 0.29) is 17.2 Å². The number of rotatable bonds is 2. The summed E-state index contributed by atoms with van der Waals surface area (Å²) in [4.78, 5) is 11.6. The molecule has 2 heterocycles. The molecule has 0 aliphatic carbocycles. The predicted octanol–water partition coefficient (Wildman–Crippen LogP) is 1.77. The molecule has 0 atom stereocenters. The number of hydrogen-bond donors (Lipinski definition) is 0. The number of Topliss-reactive ketones (excluding diaryl/α,β-unsaturated/α-hetero) is 1. The molecule has 1 saturated heterocycles. The lowest BCUT2D eigenvalue weighted by Gasteiger charge is -2.25. The molecule has 0 amide bonds. The average Bonchev–Trinajstić information content (AvgIpc) is 2.86. The highest BCUT2D eigenvalue weighted by Crippen LogP contribution is 2.38. The molecule has 8 heteroatoms. The number of hydrogen-bond acceptors (Lipinski definition) is 5. The van der Waals surface area contributed by atoms with E-state index in [1.54, 1.807) is 12.1 Å². The number of benzene rings is 1. The summed E-state index contributed by atoms with van der Waals surface area (Å²) >= 11 is 0.980. The Morgan fingerprint density at radius 3 is 2.89 bits per heavy atom. The third kappa shape index (κ3) is 2.15. The zero-order valence-electron chi connectivity index (χ0n) is 9.94. The Morgan fingerprint density at radius 2 is 2.11 bits per heavy atom. The molecule has 1 fully saturated rings. The number of fused-ring (bicyclic) bond motifs is 1. The van der Waals surface area contributed by atoms with Gasteiger partial charge in [0.05, 0.1) is 17.9 Å². The SMILES string of the molecule is O=C1CCCN(S(=O)(=O)c2cccc3c2N=S=N3)C1. The van der Waals surface area contributed by atoms with Gasteiger partial charge in [-0.3, -0.25) is 4.79 Å². The fourth-order valence-electron chi connectivity index (χ4n) is 2.14. The van der Waals surface area contributed by atoms with E-state index >= 15 is 0 Å². The highest BCUT2D eigenvalue weighted by Gasteiger charge is 2.32. The molecule has 0 spiro atoms. The van der Waals surface area contributed by atoms with Gasteiger partial charge in [-0.05, 0) is 18.6 Å². The van der Waals surface area contributed by atoms with E-state index in [0.717, 1.165) is 11.4 Å². The fourth-order valence-corrected chi connectivity index (χ4v) is 4.36. The second-order valence-electron chi connectivity index (χ2n) is 4.37. The summed E-state index contributed by atoms with van der Waals surface area (Å²) in [6.07, 6.45) is 1.03. The minimum absolute atomic E-state index is 0.0431. The van der Waals surface area contributed by atoms with E-state index in [2.05, 4.69) is 8.73 Å².